The fraction of sp³-hybridized carbons (Fsp3) is 0.312. The van der Waals surface area contributed by atoms with E-state index in [1.807, 2.05) is 44.2 Å². The van der Waals surface area contributed by atoms with Crippen LogP contribution in [-0.4, -0.2) is 41.5 Å². The smallest absolute Gasteiger partial charge is 0.276 e. The summed E-state index contributed by atoms with van der Waals surface area (Å²) in [7, 11) is 1.55. The highest BCUT2D eigenvalue weighted by atomic mass is 16.5. The Kier molecular flexibility index (Phi) is 4.93. The van der Waals surface area contributed by atoms with E-state index in [1.54, 1.807) is 13.1 Å². The predicted octanol–water partition coefficient (Wildman–Crippen LogP) is 1.94. The molecule has 0 atom stereocenters. The van der Waals surface area contributed by atoms with Crippen molar-refractivity contribution in [1.82, 2.24) is 15.4 Å². The highest BCUT2D eigenvalue weighted by Crippen LogP contribution is 2.20. The van der Waals surface area contributed by atoms with Crippen LogP contribution in [0, 0.1) is 0 Å². The van der Waals surface area contributed by atoms with Gasteiger partial charge in [-0.15, -0.1) is 0 Å². The van der Waals surface area contributed by atoms with Gasteiger partial charge in [0.05, 0.1) is 6.54 Å². The van der Waals surface area contributed by atoms with Crippen molar-refractivity contribution in [3.63, 3.8) is 0 Å². The summed E-state index contributed by atoms with van der Waals surface area (Å²) in [6, 6.07) is 11.0. The van der Waals surface area contributed by atoms with Crippen molar-refractivity contribution >= 4 is 11.8 Å². The van der Waals surface area contributed by atoms with Crippen molar-refractivity contribution in [2.75, 3.05) is 13.6 Å². The van der Waals surface area contributed by atoms with Gasteiger partial charge in [-0.1, -0.05) is 35.5 Å². The predicted molar refractivity (Wildman–Crippen MR) is 82.2 cm³/mol. The van der Waals surface area contributed by atoms with Crippen LogP contribution in [0.2, 0.25) is 0 Å². The van der Waals surface area contributed by atoms with Crippen molar-refractivity contribution < 1.29 is 14.1 Å². The second-order valence-corrected chi connectivity index (χ2v) is 5.33. The topological polar surface area (TPSA) is 75.4 Å². The highest BCUT2D eigenvalue weighted by Gasteiger charge is 2.19. The molecule has 1 N–H and O–H groups in total. The fourth-order valence-electron chi connectivity index (χ4n) is 1.96. The zero-order valence-electron chi connectivity index (χ0n) is 12.9. The largest absolute Gasteiger partial charge is 0.355 e. The first-order valence-electron chi connectivity index (χ1n) is 7.04. The Balaban J connectivity index is 2.04. The van der Waals surface area contributed by atoms with Crippen LogP contribution in [0.5, 0.6) is 0 Å². The number of likely N-dealkylation sites (N-methyl/N-ethyl adjacent to an activating group) is 1. The Morgan fingerprint density at radius 3 is 2.59 bits per heavy atom. The average molecular weight is 301 g/mol. The van der Waals surface area contributed by atoms with E-state index in [9.17, 15) is 9.59 Å². The Hall–Kier alpha value is -2.63. The lowest BCUT2D eigenvalue weighted by molar-refractivity contribution is -0.122. The van der Waals surface area contributed by atoms with E-state index in [1.165, 1.54) is 4.90 Å². The van der Waals surface area contributed by atoms with Gasteiger partial charge in [0.2, 0.25) is 5.91 Å². The zero-order valence-corrected chi connectivity index (χ0v) is 12.9. The molecule has 0 radical (unpaired) electrons. The zero-order chi connectivity index (χ0) is 16.1. The lowest BCUT2D eigenvalue weighted by atomic mass is 10.1. The number of rotatable bonds is 5. The third kappa shape index (κ3) is 3.94. The molecule has 6 heteroatoms. The molecule has 2 amide bonds. The molecule has 0 fully saturated rings. The number of hydrogen-bond donors (Lipinski definition) is 1. The molecule has 1 heterocycles. The first-order valence-corrected chi connectivity index (χ1v) is 7.04. The fourth-order valence-corrected chi connectivity index (χ4v) is 1.96. The number of hydrogen-bond acceptors (Lipinski definition) is 4. The number of carbonyl (C=O) groups excluding carboxylic acids is 2. The first kappa shape index (κ1) is 15.8. The molecule has 2 rings (SSSR count). The molecular weight excluding hydrogens is 282 g/mol. The molecule has 0 saturated carbocycles. The lowest BCUT2D eigenvalue weighted by Gasteiger charge is -2.16. The molecule has 0 saturated heterocycles. The van der Waals surface area contributed by atoms with Gasteiger partial charge >= 0.3 is 0 Å². The molecule has 1 aromatic carbocycles. The molecule has 6 nitrogen and oxygen atoms in total. The van der Waals surface area contributed by atoms with Crippen molar-refractivity contribution in [3.8, 4) is 11.3 Å². The number of aromatic nitrogens is 1. The molecular formula is C16H19N3O3. The standard InChI is InChI=1S/C16H19N3O3/c1-11(2)17-15(20)10-19(3)16(21)13-9-14(22-18-13)12-7-5-4-6-8-12/h4-9,11H,10H2,1-3H3,(H,17,20). The van der Waals surface area contributed by atoms with Crippen LogP contribution >= 0.6 is 0 Å². The monoisotopic (exact) mass is 301 g/mol. The van der Waals surface area contributed by atoms with Gasteiger partial charge in [-0.05, 0) is 13.8 Å². The van der Waals surface area contributed by atoms with Gasteiger partial charge in [0.25, 0.3) is 5.91 Å². The highest BCUT2D eigenvalue weighted by molar-refractivity contribution is 5.95. The summed E-state index contributed by atoms with van der Waals surface area (Å²) in [5, 5.41) is 6.52. The maximum atomic E-state index is 12.2. The van der Waals surface area contributed by atoms with E-state index in [0.29, 0.717) is 5.76 Å². The number of benzene rings is 1. The Morgan fingerprint density at radius 2 is 1.95 bits per heavy atom. The lowest BCUT2D eigenvalue weighted by Crippen LogP contribution is -2.40. The molecule has 0 aliphatic rings. The second-order valence-electron chi connectivity index (χ2n) is 5.33. The number of carbonyl (C=O) groups is 2. The third-order valence-electron chi connectivity index (χ3n) is 2.96. The van der Waals surface area contributed by atoms with Crippen molar-refractivity contribution in [2.45, 2.75) is 19.9 Å². The summed E-state index contributed by atoms with van der Waals surface area (Å²) in [6.07, 6.45) is 0. The van der Waals surface area contributed by atoms with Crippen molar-refractivity contribution in [1.29, 1.82) is 0 Å². The molecule has 116 valence electrons. The van der Waals surface area contributed by atoms with E-state index in [-0.39, 0.29) is 30.1 Å². The van der Waals surface area contributed by atoms with Crippen molar-refractivity contribution in [2.24, 2.45) is 0 Å². The maximum Gasteiger partial charge on any atom is 0.276 e. The molecule has 0 aliphatic carbocycles. The van der Waals surface area contributed by atoms with Gasteiger partial charge in [0.1, 0.15) is 0 Å². The Morgan fingerprint density at radius 1 is 1.27 bits per heavy atom. The van der Waals surface area contributed by atoms with Gasteiger partial charge < -0.3 is 14.7 Å². The van der Waals surface area contributed by atoms with Crippen LogP contribution in [0.15, 0.2) is 40.9 Å². The Labute approximate surface area is 129 Å². The minimum absolute atomic E-state index is 0.0233. The number of nitrogens with one attached hydrogen (secondary N) is 1. The molecule has 0 bridgehead atoms. The van der Waals surface area contributed by atoms with Crippen LogP contribution < -0.4 is 5.32 Å². The van der Waals surface area contributed by atoms with Crippen LogP contribution in [0.4, 0.5) is 0 Å². The van der Waals surface area contributed by atoms with E-state index < -0.39 is 0 Å². The third-order valence-corrected chi connectivity index (χ3v) is 2.96. The average Bonchev–Trinajstić information content (AvgIpc) is 2.96. The van der Waals surface area contributed by atoms with Gasteiger partial charge in [-0.25, -0.2) is 0 Å². The summed E-state index contributed by atoms with van der Waals surface area (Å²) in [6.45, 7) is 3.71. The minimum Gasteiger partial charge on any atom is -0.355 e. The van der Waals surface area contributed by atoms with Crippen LogP contribution in [0.1, 0.15) is 24.3 Å². The molecule has 0 aliphatic heterocycles. The SMILES string of the molecule is CC(C)NC(=O)CN(C)C(=O)c1cc(-c2ccccc2)on1. The molecule has 1 aromatic heterocycles. The van der Waals surface area contributed by atoms with E-state index >= 15 is 0 Å². The number of amides is 2. The van der Waals surface area contributed by atoms with Crippen LogP contribution in [-0.2, 0) is 4.79 Å². The summed E-state index contributed by atoms with van der Waals surface area (Å²) < 4.78 is 5.19. The van der Waals surface area contributed by atoms with E-state index in [4.69, 9.17) is 4.52 Å². The molecule has 0 spiro atoms. The second kappa shape index (κ2) is 6.89. The van der Waals surface area contributed by atoms with Gasteiger partial charge in [-0.2, -0.15) is 0 Å². The molecule has 0 unspecified atom stereocenters. The van der Waals surface area contributed by atoms with Gasteiger partial charge in [-0.3, -0.25) is 9.59 Å². The summed E-state index contributed by atoms with van der Waals surface area (Å²) >= 11 is 0. The quantitative estimate of drug-likeness (QED) is 0.915. The normalized spacial score (nSPS) is 10.5. The van der Waals surface area contributed by atoms with Crippen molar-refractivity contribution in [3.05, 3.63) is 42.1 Å². The molecule has 22 heavy (non-hydrogen) atoms. The van der Waals surface area contributed by atoms with Gasteiger partial charge in [0.15, 0.2) is 11.5 Å². The number of nitrogens with zero attached hydrogens (tertiary/aromatic N) is 2. The summed E-state index contributed by atoms with van der Waals surface area (Å²) in [5.41, 5.74) is 1.02. The summed E-state index contributed by atoms with van der Waals surface area (Å²) in [5.74, 6) is -0.0496. The van der Waals surface area contributed by atoms with E-state index in [0.717, 1.165) is 5.56 Å². The molecule has 2 aromatic rings. The van der Waals surface area contributed by atoms with E-state index in [2.05, 4.69) is 10.5 Å². The Bertz CT molecular complexity index is 650. The first-order chi connectivity index (χ1) is 10.5. The minimum atomic E-state index is -0.357. The summed E-state index contributed by atoms with van der Waals surface area (Å²) in [4.78, 5) is 25.2. The van der Waals surface area contributed by atoms with Crippen LogP contribution in [0.25, 0.3) is 11.3 Å². The van der Waals surface area contributed by atoms with Crippen LogP contribution in [0.3, 0.4) is 0 Å². The maximum absolute atomic E-state index is 12.2. The van der Waals surface area contributed by atoms with Gasteiger partial charge in [0, 0.05) is 24.7 Å².